The van der Waals surface area contributed by atoms with E-state index in [1.165, 1.54) is 38.4 Å². The van der Waals surface area contributed by atoms with Crippen molar-refractivity contribution in [3.63, 3.8) is 0 Å². The van der Waals surface area contributed by atoms with Crippen molar-refractivity contribution in [2.75, 3.05) is 13.1 Å². The topological polar surface area (TPSA) is 60.7 Å². The molecule has 1 aromatic carbocycles. The second-order valence-corrected chi connectivity index (χ2v) is 5.56. The first-order valence-corrected chi connectivity index (χ1v) is 7.39. The summed E-state index contributed by atoms with van der Waals surface area (Å²) in [5.74, 6) is 1.65. The Balaban J connectivity index is 1.75. The molecule has 0 aliphatic carbocycles. The molecule has 3 rings (SSSR count). The smallest absolute Gasteiger partial charge is 0.270 e. The maximum absolute atomic E-state index is 10.8. The molecule has 1 N–H and O–H groups in total. The lowest BCUT2D eigenvalue weighted by atomic mass is 10.1. The maximum atomic E-state index is 10.8. The molecule has 110 valence electrons. The number of nitrogens with one attached hydrogen (secondary N) is 1. The van der Waals surface area contributed by atoms with E-state index < -0.39 is 0 Å². The van der Waals surface area contributed by atoms with Crippen molar-refractivity contribution in [2.45, 2.75) is 25.8 Å². The third kappa shape index (κ3) is 3.31. The molecule has 5 heteroatoms. The molecule has 2 aromatic rings. The molecular formula is C16H19N2O3+. The van der Waals surface area contributed by atoms with Crippen molar-refractivity contribution in [3.05, 3.63) is 52.3 Å². The molecule has 2 heterocycles. The molecule has 1 aliphatic rings. The van der Waals surface area contributed by atoms with Crippen molar-refractivity contribution >= 4 is 5.69 Å². The molecule has 0 spiro atoms. The highest BCUT2D eigenvalue weighted by Gasteiger charge is 2.16. The number of piperidine rings is 1. The Labute approximate surface area is 123 Å². The predicted molar refractivity (Wildman–Crippen MR) is 79.1 cm³/mol. The number of nitro benzene ring substituents is 1. The number of benzene rings is 1. The summed E-state index contributed by atoms with van der Waals surface area (Å²) in [6.07, 6.45) is 3.90. The first-order chi connectivity index (χ1) is 10.2. The Morgan fingerprint density at radius 1 is 1.14 bits per heavy atom. The van der Waals surface area contributed by atoms with Crippen LogP contribution < -0.4 is 4.90 Å². The van der Waals surface area contributed by atoms with E-state index in [-0.39, 0.29) is 10.6 Å². The Bertz CT molecular complexity index is 630. The second kappa shape index (κ2) is 6.10. The molecule has 0 amide bonds. The first kappa shape index (κ1) is 13.8. The van der Waals surface area contributed by atoms with E-state index in [4.69, 9.17) is 4.42 Å². The van der Waals surface area contributed by atoms with Gasteiger partial charge in [-0.2, -0.15) is 0 Å². The number of rotatable bonds is 4. The van der Waals surface area contributed by atoms with Crippen molar-refractivity contribution < 1.29 is 14.2 Å². The van der Waals surface area contributed by atoms with Crippen LogP contribution in [0.1, 0.15) is 25.0 Å². The van der Waals surface area contributed by atoms with Crippen LogP contribution in [0.15, 0.2) is 40.8 Å². The molecule has 1 saturated heterocycles. The molecule has 0 atom stereocenters. The van der Waals surface area contributed by atoms with Gasteiger partial charge < -0.3 is 9.32 Å². The Morgan fingerprint density at radius 2 is 1.95 bits per heavy atom. The molecule has 21 heavy (non-hydrogen) atoms. The van der Waals surface area contributed by atoms with Crippen LogP contribution in [0.3, 0.4) is 0 Å². The summed E-state index contributed by atoms with van der Waals surface area (Å²) in [4.78, 5) is 12.0. The molecule has 0 unspecified atom stereocenters. The first-order valence-electron chi connectivity index (χ1n) is 7.39. The van der Waals surface area contributed by atoms with Crippen LogP contribution >= 0.6 is 0 Å². The van der Waals surface area contributed by atoms with Gasteiger partial charge in [0, 0.05) is 17.7 Å². The molecule has 0 bridgehead atoms. The highest BCUT2D eigenvalue weighted by Crippen LogP contribution is 2.25. The minimum absolute atomic E-state index is 0.0899. The number of nitro groups is 1. The number of hydrogen-bond donors (Lipinski definition) is 1. The Morgan fingerprint density at radius 3 is 2.71 bits per heavy atom. The lowest BCUT2D eigenvalue weighted by Gasteiger charge is -2.22. The largest absolute Gasteiger partial charge is 0.455 e. The van der Waals surface area contributed by atoms with Gasteiger partial charge in [-0.25, -0.2) is 0 Å². The molecule has 1 fully saturated rings. The summed E-state index contributed by atoms with van der Waals surface area (Å²) in [6.45, 7) is 3.30. The van der Waals surface area contributed by atoms with Crippen molar-refractivity contribution in [3.8, 4) is 11.3 Å². The standard InChI is InChI=1S/C16H18N2O3/c19-18(20)14-6-4-5-13(11-14)16-8-7-15(21-16)12-17-9-2-1-3-10-17/h4-8,11H,1-3,9-10,12H2/p+1. The van der Waals surface area contributed by atoms with Gasteiger partial charge in [-0.3, -0.25) is 10.1 Å². The zero-order valence-corrected chi connectivity index (χ0v) is 11.9. The fourth-order valence-corrected chi connectivity index (χ4v) is 2.88. The Kier molecular flexibility index (Phi) is 4.01. The van der Waals surface area contributed by atoms with E-state index >= 15 is 0 Å². The zero-order chi connectivity index (χ0) is 14.7. The summed E-state index contributed by atoms with van der Waals surface area (Å²) in [6, 6.07) is 10.4. The minimum atomic E-state index is -0.384. The summed E-state index contributed by atoms with van der Waals surface area (Å²) in [5, 5.41) is 10.8. The van der Waals surface area contributed by atoms with Crippen LogP contribution in [0.5, 0.6) is 0 Å². The average Bonchev–Trinajstić information content (AvgIpc) is 2.97. The van der Waals surface area contributed by atoms with E-state index in [2.05, 4.69) is 0 Å². The molecule has 1 aromatic heterocycles. The SMILES string of the molecule is O=[N+]([O-])c1cccc(-c2ccc(C[NH+]3CCCCC3)o2)c1. The van der Waals surface area contributed by atoms with Gasteiger partial charge in [-0.1, -0.05) is 12.1 Å². The monoisotopic (exact) mass is 287 g/mol. The second-order valence-electron chi connectivity index (χ2n) is 5.56. The number of likely N-dealkylation sites (tertiary alicyclic amines) is 1. The lowest BCUT2D eigenvalue weighted by molar-refractivity contribution is -0.919. The quantitative estimate of drug-likeness (QED) is 0.694. The Hall–Kier alpha value is -2.14. The van der Waals surface area contributed by atoms with Gasteiger partial charge in [0.05, 0.1) is 18.0 Å². The van der Waals surface area contributed by atoms with Crippen molar-refractivity contribution in [1.82, 2.24) is 0 Å². The number of furan rings is 1. The molecule has 1 aliphatic heterocycles. The fraction of sp³-hybridized carbons (Fsp3) is 0.375. The van der Waals surface area contributed by atoms with Crippen molar-refractivity contribution in [2.24, 2.45) is 0 Å². The molecule has 5 nitrogen and oxygen atoms in total. The van der Waals surface area contributed by atoms with E-state index in [9.17, 15) is 10.1 Å². The van der Waals surface area contributed by atoms with Gasteiger partial charge in [-0.15, -0.1) is 0 Å². The summed E-state index contributed by atoms with van der Waals surface area (Å²) in [7, 11) is 0. The molecule has 0 saturated carbocycles. The van der Waals surface area contributed by atoms with Gasteiger partial charge in [0.25, 0.3) is 5.69 Å². The predicted octanol–water partition coefficient (Wildman–Crippen LogP) is 2.42. The minimum Gasteiger partial charge on any atom is -0.455 e. The number of nitrogens with zero attached hydrogens (tertiary/aromatic N) is 1. The highest BCUT2D eigenvalue weighted by atomic mass is 16.6. The fourth-order valence-electron chi connectivity index (χ4n) is 2.88. The van der Waals surface area contributed by atoms with Crippen LogP contribution in [-0.4, -0.2) is 18.0 Å². The van der Waals surface area contributed by atoms with Gasteiger partial charge in [-0.05, 0) is 31.4 Å². The number of hydrogen-bond acceptors (Lipinski definition) is 3. The van der Waals surface area contributed by atoms with E-state index in [1.54, 1.807) is 17.0 Å². The van der Waals surface area contributed by atoms with Crippen LogP contribution in [0.4, 0.5) is 5.69 Å². The maximum Gasteiger partial charge on any atom is 0.270 e. The van der Waals surface area contributed by atoms with Gasteiger partial charge in [0.15, 0.2) is 5.76 Å². The van der Waals surface area contributed by atoms with E-state index in [0.717, 1.165) is 17.9 Å². The summed E-state index contributed by atoms with van der Waals surface area (Å²) in [5.41, 5.74) is 0.844. The van der Waals surface area contributed by atoms with Crippen molar-refractivity contribution in [1.29, 1.82) is 0 Å². The van der Waals surface area contributed by atoms with E-state index in [1.807, 2.05) is 18.2 Å². The van der Waals surface area contributed by atoms with E-state index in [0.29, 0.717) is 5.76 Å². The third-order valence-electron chi connectivity index (χ3n) is 3.99. The number of quaternary nitrogens is 1. The zero-order valence-electron chi connectivity index (χ0n) is 11.9. The molecule has 0 radical (unpaired) electrons. The summed E-state index contributed by atoms with van der Waals surface area (Å²) >= 11 is 0. The normalized spacial score (nSPS) is 16.0. The van der Waals surface area contributed by atoms with Crippen LogP contribution in [-0.2, 0) is 6.54 Å². The lowest BCUT2D eigenvalue weighted by Crippen LogP contribution is -3.11. The van der Waals surface area contributed by atoms with Gasteiger partial charge in [0.1, 0.15) is 12.3 Å². The molecular weight excluding hydrogens is 268 g/mol. The van der Waals surface area contributed by atoms with Crippen LogP contribution in [0, 0.1) is 10.1 Å². The number of non-ortho nitro benzene ring substituents is 1. The van der Waals surface area contributed by atoms with Gasteiger partial charge in [0.2, 0.25) is 0 Å². The third-order valence-corrected chi connectivity index (χ3v) is 3.99. The van der Waals surface area contributed by atoms with Crippen LogP contribution in [0.2, 0.25) is 0 Å². The highest BCUT2D eigenvalue weighted by molar-refractivity contribution is 5.61. The van der Waals surface area contributed by atoms with Crippen LogP contribution in [0.25, 0.3) is 11.3 Å². The summed E-state index contributed by atoms with van der Waals surface area (Å²) < 4.78 is 5.86. The average molecular weight is 287 g/mol. The van der Waals surface area contributed by atoms with Gasteiger partial charge >= 0.3 is 0 Å².